The first-order chi connectivity index (χ1) is 8.20. The van der Waals surface area contributed by atoms with E-state index in [1.807, 2.05) is 19.3 Å². The Balaban J connectivity index is 2.30. The monoisotopic (exact) mass is 227 g/mol. The molecule has 0 spiro atoms. The summed E-state index contributed by atoms with van der Waals surface area (Å²) in [6.45, 7) is 7.10. The Bertz CT molecular complexity index is 503. The minimum Gasteiger partial charge on any atom is -0.355 e. The van der Waals surface area contributed by atoms with Gasteiger partial charge in [-0.2, -0.15) is 0 Å². The summed E-state index contributed by atoms with van der Waals surface area (Å²) in [5.74, 6) is 0.681. The van der Waals surface area contributed by atoms with Gasteiger partial charge in [0.15, 0.2) is 0 Å². The summed E-state index contributed by atoms with van der Waals surface area (Å²) in [7, 11) is 0. The molecule has 0 aliphatic heterocycles. The average molecular weight is 227 g/mol. The number of anilines is 1. The van der Waals surface area contributed by atoms with E-state index < -0.39 is 0 Å². The second-order valence-corrected chi connectivity index (χ2v) is 4.12. The Morgan fingerprint density at radius 1 is 1.00 bits per heavy atom. The van der Waals surface area contributed by atoms with Crippen LogP contribution in [0.15, 0.2) is 30.6 Å². The minimum absolute atomic E-state index is 0.681. The molecule has 2 rings (SSSR count). The van der Waals surface area contributed by atoms with E-state index in [-0.39, 0.29) is 0 Å². The van der Waals surface area contributed by atoms with Gasteiger partial charge < -0.3 is 5.32 Å². The van der Waals surface area contributed by atoms with Crippen molar-refractivity contribution in [2.75, 3.05) is 11.9 Å². The van der Waals surface area contributed by atoms with Crippen molar-refractivity contribution in [1.82, 2.24) is 9.97 Å². The number of nitrogens with one attached hydrogen (secondary N) is 1. The molecule has 0 unspecified atom stereocenters. The SMILES string of the molecule is CCNc1ncc(-c2ccc(C)c(C)c2)cn1. The van der Waals surface area contributed by atoms with E-state index in [9.17, 15) is 0 Å². The zero-order chi connectivity index (χ0) is 12.3. The number of aromatic nitrogens is 2. The second kappa shape index (κ2) is 4.95. The number of rotatable bonds is 3. The molecule has 0 aliphatic rings. The highest BCUT2D eigenvalue weighted by Crippen LogP contribution is 2.21. The molecule has 0 bridgehead atoms. The van der Waals surface area contributed by atoms with Gasteiger partial charge >= 0.3 is 0 Å². The molecule has 0 saturated heterocycles. The highest BCUT2D eigenvalue weighted by Gasteiger charge is 2.01. The molecule has 0 atom stereocenters. The Morgan fingerprint density at radius 2 is 1.71 bits per heavy atom. The molecule has 88 valence electrons. The lowest BCUT2D eigenvalue weighted by atomic mass is 10.0. The summed E-state index contributed by atoms with van der Waals surface area (Å²) in [6, 6.07) is 6.40. The van der Waals surface area contributed by atoms with Crippen LogP contribution in [0.25, 0.3) is 11.1 Å². The summed E-state index contributed by atoms with van der Waals surface area (Å²) in [5.41, 5.74) is 4.81. The maximum atomic E-state index is 4.27. The van der Waals surface area contributed by atoms with E-state index in [2.05, 4.69) is 47.3 Å². The molecular weight excluding hydrogens is 210 g/mol. The molecule has 3 heteroatoms. The molecular formula is C14H17N3. The Kier molecular flexibility index (Phi) is 3.38. The van der Waals surface area contributed by atoms with Crippen LogP contribution in [0.1, 0.15) is 18.1 Å². The van der Waals surface area contributed by atoms with E-state index >= 15 is 0 Å². The van der Waals surface area contributed by atoms with Crippen LogP contribution in [0.2, 0.25) is 0 Å². The highest BCUT2D eigenvalue weighted by atomic mass is 15.1. The van der Waals surface area contributed by atoms with E-state index in [0.29, 0.717) is 5.95 Å². The van der Waals surface area contributed by atoms with Crippen molar-refractivity contribution in [3.8, 4) is 11.1 Å². The van der Waals surface area contributed by atoms with Gasteiger partial charge in [0.1, 0.15) is 0 Å². The zero-order valence-corrected chi connectivity index (χ0v) is 10.5. The minimum atomic E-state index is 0.681. The number of hydrogen-bond donors (Lipinski definition) is 1. The van der Waals surface area contributed by atoms with Gasteiger partial charge in [-0.15, -0.1) is 0 Å². The molecule has 0 radical (unpaired) electrons. The fourth-order valence-corrected chi connectivity index (χ4v) is 1.65. The summed E-state index contributed by atoms with van der Waals surface area (Å²) >= 11 is 0. The summed E-state index contributed by atoms with van der Waals surface area (Å²) < 4.78 is 0. The van der Waals surface area contributed by atoms with Crippen molar-refractivity contribution in [2.24, 2.45) is 0 Å². The Morgan fingerprint density at radius 3 is 2.29 bits per heavy atom. The van der Waals surface area contributed by atoms with Crippen LogP contribution in [0.5, 0.6) is 0 Å². The normalized spacial score (nSPS) is 10.3. The van der Waals surface area contributed by atoms with Crippen molar-refractivity contribution >= 4 is 5.95 Å². The van der Waals surface area contributed by atoms with Crippen molar-refractivity contribution in [3.63, 3.8) is 0 Å². The van der Waals surface area contributed by atoms with Crippen LogP contribution in [-0.4, -0.2) is 16.5 Å². The van der Waals surface area contributed by atoms with Crippen LogP contribution in [-0.2, 0) is 0 Å². The van der Waals surface area contributed by atoms with Gasteiger partial charge in [0.2, 0.25) is 5.95 Å². The van der Waals surface area contributed by atoms with Gasteiger partial charge in [0.05, 0.1) is 0 Å². The third kappa shape index (κ3) is 2.61. The number of aryl methyl sites for hydroxylation is 2. The zero-order valence-electron chi connectivity index (χ0n) is 10.5. The lowest BCUT2D eigenvalue weighted by Crippen LogP contribution is -2.01. The standard InChI is InChI=1S/C14H17N3/c1-4-15-14-16-8-13(9-17-14)12-6-5-10(2)11(3)7-12/h5-9H,4H2,1-3H3,(H,15,16,17). The van der Waals surface area contributed by atoms with Gasteiger partial charge in [-0.05, 0) is 37.5 Å². The summed E-state index contributed by atoms with van der Waals surface area (Å²) in [5, 5.41) is 3.08. The Labute approximate surface area is 102 Å². The molecule has 1 aromatic carbocycles. The first kappa shape index (κ1) is 11.6. The lowest BCUT2D eigenvalue weighted by Gasteiger charge is -2.06. The van der Waals surface area contributed by atoms with Crippen molar-refractivity contribution in [2.45, 2.75) is 20.8 Å². The Hall–Kier alpha value is -1.90. The topological polar surface area (TPSA) is 37.8 Å². The largest absolute Gasteiger partial charge is 0.355 e. The molecule has 0 saturated carbocycles. The predicted octanol–water partition coefficient (Wildman–Crippen LogP) is 3.19. The van der Waals surface area contributed by atoms with Gasteiger partial charge in [0, 0.05) is 24.5 Å². The average Bonchev–Trinajstić information content (AvgIpc) is 2.34. The molecule has 0 fully saturated rings. The fourth-order valence-electron chi connectivity index (χ4n) is 1.65. The lowest BCUT2D eigenvalue weighted by molar-refractivity contribution is 1.09. The van der Waals surface area contributed by atoms with Gasteiger partial charge in [-0.3, -0.25) is 0 Å². The van der Waals surface area contributed by atoms with Crippen molar-refractivity contribution < 1.29 is 0 Å². The highest BCUT2D eigenvalue weighted by molar-refractivity contribution is 5.63. The van der Waals surface area contributed by atoms with Crippen LogP contribution >= 0.6 is 0 Å². The molecule has 0 aliphatic carbocycles. The molecule has 1 N–H and O–H groups in total. The maximum absolute atomic E-state index is 4.27. The van der Waals surface area contributed by atoms with E-state index in [0.717, 1.165) is 17.7 Å². The molecule has 1 heterocycles. The van der Waals surface area contributed by atoms with Crippen molar-refractivity contribution in [3.05, 3.63) is 41.7 Å². The first-order valence-electron chi connectivity index (χ1n) is 5.84. The van der Waals surface area contributed by atoms with Gasteiger partial charge in [0.25, 0.3) is 0 Å². The summed E-state index contributed by atoms with van der Waals surface area (Å²) in [6.07, 6.45) is 3.71. The number of nitrogens with zero attached hydrogens (tertiary/aromatic N) is 2. The van der Waals surface area contributed by atoms with Gasteiger partial charge in [-0.25, -0.2) is 9.97 Å². The molecule has 0 amide bonds. The maximum Gasteiger partial charge on any atom is 0.222 e. The van der Waals surface area contributed by atoms with E-state index in [1.54, 1.807) is 0 Å². The van der Waals surface area contributed by atoms with Crippen LogP contribution < -0.4 is 5.32 Å². The van der Waals surface area contributed by atoms with E-state index in [4.69, 9.17) is 0 Å². The third-order valence-corrected chi connectivity index (χ3v) is 2.83. The molecule has 2 aromatic rings. The predicted molar refractivity (Wildman–Crippen MR) is 71.1 cm³/mol. The van der Waals surface area contributed by atoms with Crippen LogP contribution in [0.4, 0.5) is 5.95 Å². The quantitative estimate of drug-likeness (QED) is 0.875. The number of hydrogen-bond acceptors (Lipinski definition) is 3. The van der Waals surface area contributed by atoms with E-state index in [1.165, 1.54) is 11.1 Å². The van der Waals surface area contributed by atoms with Crippen molar-refractivity contribution in [1.29, 1.82) is 0 Å². The number of benzene rings is 1. The second-order valence-electron chi connectivity index (χ2n) is 4.12. The third-order valence-electron chi connectivity index (χ3n) is 2.83. The smallest absolute Gasteiger partial charge is 0.222 e. The summed E-state index contributed by atoms with van der Waals surface area (Å²) in [4.78, 5) is 8.55. The van der Waals surface area contributed by atoms with Crippen LogP contribution in [0, 0.1) is 13.8 Å². The first-order valence-corrected chi connectivity index (χ1v) is 5.84. The molecule has 1 aromatic heterocycles. The van der Waals surface area contributed by atoms with Crippen LogP contribution in [0.3, 0.4) is 0 Å². The molecule has 17 heavy (non-hydrogen) atoms. The van der Waals surface area contributed by atoms with Gasteiger partial charge in [-0.1, -0.05) is 18.2 Å². The molecule has 3 nitrogen and oxygen atoms in total. The fraction of sp³-hybridized carbons (Fsp3) is 0.286.